The van der Waals surface area contributed by atoms with Crippen molar-refractivity contribution in [3.63, 3.8) is 0 Å². The Bertz CT molecular complexity index is 508. The molecular weight excluding hydrogens is 248 g/mol. The Morgan fingerprint density at radius 3 is 2.50 bits per heavy atom. The number of aromatic nitrogens is 1. The van der Waals surface area contributed by atoms with E-state index in [0.717, 1.165) is 21.4 Å². The number of ether oxygens (including phenoxy) is 1. The van der Waals surface area contributed by atoms with Gasteiger partial charge in [0, 0.05) is 18.9 Å². The summed E-state index contributed by atoms with van der Waals surface area (Å²) in [5, 5.41) is 10.4. The normalized spacial score (nSPS) is 12.2. The summed E-state index contributed by atoms with van der Waals surface area (Å²) in [5.41, 5.74) is 1.03. The number of aliphatic hydroxyl groups is 1. The molecule has 0 saturated carbocycles. The zero-order valence-electron chi connectivity index (χ0n) is 10.6. The van der Waals surface area contributed by atoms with Crippen LogP contribution in [0, 0.1) is 0 Å². The third-order valence-electron chi connectivity index (χ3n) is 2.67. The molecule has 18 heavy (non-hydrogen) atoms. The lowest BCUT2D eigenvalue weighted by Crippen LogP contribution is -2.08. The maximum atomic E-state index is 9.49. The van der Waals surface area contributed by atoms with Crippen molar-refractivity contribution in [3.05, 3.63) is 35.3 Å². The van der Waals surface area contributed by atoms with E-state index in [-0.39, 0.29) is 0 Å². The molecule has 0 amide bonds. The predicted octanol–water partition coefficient (Wildman–Crippen LogP) is 2.97. The Hall–Kier alpha value is -1.59. The zero-order valence-corrected chi connectivity index (χ0v) is 11.4. The fourth-order valence-corrected chi connectivity index (χ4v) is 2.38. The minimum Gasteiger partial charge on any atom is -0.497 e. The van der Waals surface area contributed by atoms with Crippen LogP contribution in [0.1, 0.15) is 17.9 Å². The van der Waals surface area contributed by atoms with Gasteiger partial charge in [-0.25, -0.2) is 4.98 Å². The summed E-state index contributed by atoms with van der Waals surface area (Å²) in [6, 6.07) is 7.77. The molecule has 0 aliphatic rings. The van der Waals surface area contributed by atoms with E-state index < -0.39 is 6.10 Å². The SMILES string of the molecule is COc1ccc(N(C)c2ncc(C(C)O)s2)cc1. The van der Waals surface area contributed by atoms with Gasteiger partial charge in [-0.15, -0.1) is 0 Å². The van der Waals surface area contributed by atoms with E-state index in [2.05, 4.69) is 4.98 Å². The highest BCUT2D eigenvalue weighted by Gasteiger charge is 2.11. The first kappa shape index (κ1) is 12.9. The lowest BCUT2D eigenvalue weighted by molar-refractivity contribution is 0.203. The van der Waals surface area contributed by atoms with Gasteiger partial charge in [-0.1, -0.05) is 11.3 Å². The van der Waals surface area contributed by atoms with Gasteiger partial charge in [-0.05, 0) is 31.2 Å². The van der Waals surface area contributed by atoms with Gasteiger partial charge in [-0.2, -0.15) is 0 Å². The average Bonchev–Trinajstić information content (AvgIpc) is 2.88. The third kappa shape index (κ3) is 2.63. The largest absolute Gasteiger partial charge is 0.497 e. The molecule has 0 spiro atoms. The van der Waals surface area contributed by atoms with E-state index in [1.54, 1.807) is 20.2 Å². The molecule has 1 heterocycles. The van der Waals surface area contributed by atoms with Crippen LogP contribution in [0.4, 0.5) is 10.8 Å². The van der Waals surface area contributed by atoms with Crippen molar-refractivity contribution in [3.8, 4) is 5.75 Å². The summed E-state index contributed by atoms with van der Waals surface area (Å²) in [6.45, 7) is 1.74. The number of hydrogen-bond acceptors (Lipinski definition) is 5. The van der Waals surface area contributed by atoms with Crippen LogP contribution in [0.25, 0.3) is 0 Å². The smallest absolute Gasteiger partial charge is 0.189 e. The highest BCUT2D eigenvalue weighted by atomic mass is 32.1. The predicted molar refractivity (Wildman–Crippen MR) is 73.8 cm³/mol. The molecule has 1 atom stereocenters. The highest BCUT2D eigenvalue weighted by molar-refractivity contribution is 7.15. The Kier molecular flexibility index (Phi) is 3.84. The number of aliphatic hydroxyl groups excluding tert-OH is 1. The quantitative estimate of drug-likeness (QED) is 0.922. The van der Waals surface area contributed by atoms with Crippen molar-refractivity contribution >= 4 is 22.2 Å². The Labute approximate surface area is 110 Å². The second kappa shape index (κ2) is 5.37. The topological polar surface area (TPSA) is 45.6 Å². The Morgan fingerprint density at radius 1 is 1.33 bits per heavy atom. The third-order valence-corrected chi connectivity index (χ3v) is 3.91. The Morgan fingerprint density at radius 2 is 2.00 bits per heavy atom. The summed E-state index contributed by atoms with van der Waals surface area (Å²) < 4.78 is 5.13. The highest BCUT2D eigenvalue weighted by Crippen LogP contribution is 2.31. The van der Waals surface area contributed by atoms with Crippen LogP contribution in [0.2, 0.25) is 0 Å². The van der Waals surface area contributed by atoms with Gasteiger partial charge in [0.25, 0.3) is 0 Å². The van der Waals surface area contributed by atoms with Crippen LogP contribution in [0.15, 0.2) is 30.5 Å². The number of hydrogen-bond donors (Lipinski definition) is 1. The van der Waals surface area contributed by atoms with Gasteiger partial charge >= 0.3 is 0 Å². The number of nitrogens with zero attached hydrogens (tertiary/aromatic N) is 2. The van der Waals surface area contributed by atoms with E-state index in [1.165, 1.54) is 11.3 Å². The summed E-state index contributed by atoms with van der Waals surface area (Å²) in [5.74, 6) is 0.830. The Balaban J connectivity index is 2.20. The molecule has 4 nitrogen and oxygen atoms in total. The average molecular weight is 264 g/mol. The maximum absolute atomic E-state index is 9.49. The van der Waals surface area contributed by atoms with Crippen LogP contribution in [0.3, 0.4) is 0 Å². The van der Waals surface area contributed by atoms with Gasteiger partial charge in [0.2, 0.25) is 0 Å². The van der Waals surface area contributed by atoms with Gasteiger partial charge in [-0.3, -0.25) is 0 Å². The monoisotopic (exact) mass is 264 g/mol. The summed E-state index contributed by atoms with van der Waals surface area (Å²) >= 11 is 1.49. The van der Waals surface area contributed by atoms with E-state index in [0.29, 0.717) is 0 Å². The summed E-state index contributed by atoms with van der Waals surface area (Å²) in [6.07, 6.45) is 1.24. The summed E-state index contributed by atoms with van der Waals surface area (Å²) in [4.78, 5) is 7.16. The molecule has 1 aromatic carbocycles. The minimum absolute atomic E-state index is 0.472. The molecule has 96 valence electrons. The van der Waals surface area contributed by atoms with Crippen molar-refractivity contribution in [1.82, 2.24) is 4.98 Å². The van der Waals surface area contributed by atoms with Crippen LogP contribution in [-0.4, -0.2) is 24.2 Å². The summed E-state index contributed by atoms with van der Waals surface area (Å²) in [7, 11) is 3.60. The van der Waals surface area contributed by atoms with Crippen molar-refractivity contribution < 1.29 is 9.84 Å². The molecule has 0 saturated heterocycles. The van der Waals surface area contributed by atoms with Crippen molar-refractivity contribution in [2.75, 3.05) is 19.1 Å². The maximum Gasteiger partial charge on any atom is 0.189 e. The second-order valence-corrected chi connectivity index (χ2v) is 5.02. The van der Waals surface area contributed by atoms with Crippen LogP contribution < -0.4 is 9.64 Å². The van der Waals surface area contributed by atoms with Gasteiger partial charge in [0.05, 0.1) is 18.1 Å². The van der Waals surface area contributed by atoms with Gasteiger partial charge < -0.3 is 14.7 Å². The van der Waals surface area contributed by atoms with Crippen molar-refractivity contribution in [2.45, 2.75) is 13.0 Å². The molecular formula is C13H16N2O2S. The van der Waals surface area contributed by atoms with Crippen molar-refractivity contribution in [2.24, 2.45) is 0 Å². The minimum atomic E-state index is -0.472. The van der Waals surface area contributed by atoms with Gasteiger partial charge in [0.1, 0.15) is 5.75 Å². The fourth-order valence-electron chi connectivity index (χ4n) is 1.54. The van der Waals surface area contributed by atoms with Crippen LogP contribution in [0.5, 0.6) is 5.75 Å². The number of methoxy groups -OCH3 is 1. The number of thiazole rings is 1. The second-order valence-electron chi connectivity index (χ2n) is 3.98. The molecule has 0 aliphatic heterocycles. The first-order valence-corrected chi connectivity index (χ1v) is 6.45. The molecule has 0 aliphatic carbocycles. The zero-order chi connectivity index (χ0) is 13.1. The molecule has 0 fully saturated rings. The van der Waals surface area contributed by atoms with E-state index in [4.69, 9.17) is 4.74 Å². The van der Waals surface area contributed by atoms with Gasteiger partial charge in [0.15, 0.2) is 5.13 Å². The number of rotatable bonds is 4. The van der Waals surface area contributed by atoms with Crippen LogP contribution in [-0.2, 0) is 0 Å². The molecule has 0 bridgehead atoms. The molecule has 1 N–H and O–H groups in total. The van der Waals surface area contributed by atoms with Crippen LogP contribution >= 0.6 is 11.3 Å². The lowest BCUT2D eigenvalue weighted by Gasteiger charge is -2.16. The van der Waals surface area contributed by atoms with E-state index >= 15 is 0 Å². The molecule has 2 aromatic rings. The molecule has 1 aromatic heterocycles. The molecule has 1 unspecified atom stereocenters. The van der Waals surface area contributed by atoms with E-state index in [9.17, 15) is 5.11 Å². The van der Waals surface area contributed by atoms with Crippen molar-refractivity contribution in [1.29, 1.82) is 0 Å². The lowest BCUT2D eigenvalue weighted by atomic mass is 10.3. The molecule has 0 radical (unpaired) electrons. The fraction of sp³-hybridized carbons (Fsp3) is 0.308. The van der Waals surface area contributed by atoms with E-state index in [1.807, 2.05) is 36.2 Å². The number of anilines is 2. The first-order valence-electron chi connectivity index (χ1n) is 5.63. The molecule has 5 heteroatoms. The number of benzene rings is 1. The standard InChI is InChI=1S/C13H16N2O2S/c1-9(16)12-8-14-13(18-12)15(2)10-4-6-11(17-3)7-5-10/h4-9,16H,1-3H3. The molecule has 2 rings (SSSR count). The first-order chi connectivity index (χ1) is 8.61.